The van der Waals surface area contributed by atoms with Gasteiger partial charge in [-0.2, -0.15) is 4.57 Å². The van der Waals surface area contributed by atoms with Crippen LogP contribution in [0.25, 0.3) is 72.3 Å². The summed E-state index contributed by atoms with van der Waals surface area (Å²) >= 11 is 0. The minimum atomic E-state index is -2.35. The van der Waals surface area contributed by atoms with Gasteiger partial charge in [0, 0.05) is 28.8 Å². The summed E-state index contributed by atoms with van der Waals surface area (Å²) in [6, 6.07) is 40.3. The predicted molar refractivity (Wildman–Crippen MR) is 206 cm³/mol. The van der Waals surface area contributed by atoms with Crippen LogP contribution < -0.4 is 4.57 Å². The van der Waals surface area contributed by atoms with E-state index in [1.54, 1.807) is 12.1 Å². The van der Waals surface area contributed by atoms with Crippen molar-refractivity contribution in [2.45, 2.75) is 53.3 Å². The number of para-hydroxylation sites is 1. The molecule has 3 heteroatoms. The highest BCUT2D eigenvalue weighted by Crippen LogP contribution is 2.43. The van der Waals surface area contributed by atoms with E-state index in [4.69, 9.17) is 8.53 Å². The first-order chi connectivity index (χ1) is 25.5. The van der Waals surface area contributed by atoms with Crippen molar-refractivity contribution in [3.05, 3.63) is 144 Å². The molecule has 2 aromatic heterocycles. The van der Waals surface area contributed by atoms with Crippen LogP contribution in [0.2, 0.25) is 0 Å². The van der Waals surface area contributed by atoms with E-state index in [0.717, 1.165) is 77.8 Å². The van der Waals surface area contributed by atoms with Gasteiger partial charge in [0.25, 0.3) is 5.82 Å². The second kappa shape index (κ2) is 11.9. The number of nitrogens with zero attached hydrogens (tertiary/aromatic N) is 2. The Labute approximate surface area is 296 Å². The molecule has 3 nitrogen and oxygen atoms in total. The maximum Gasteiger partial charge on any atom is 0.299 e. The highest BCUT2D eigenvalue weighted by atomic mass is 16.3. The Morgan fingerprint density at radius 2 is 1.31 bits per heavy atom. The maximum absolute atomic E-state index is 9.66. The van der Waals surface area contributed by atoms with E-state index in [0.29, 0.717) is 11.2 Å². The molecule has 0 saturated heterocycles. The summed E-state index contributed by atoms with van der Waals surface area (Å²) in [6.45, 7) is 7.21. The summed E-state index contributed by atoms with van der Waals surface area (Å²) in [5.74, 6) is -1.47. The van der Waals surface area contributed by atoms with Crippen molar-refractivity contribution in [2.24, 2.45) is 7.05 Å². The van der Waals surface area contributed by atoms with Gasteiger partial charge in [-0.25, -0.2) is 4.57 Å². The number of imidazole rings is 1. The van der Waals surface area contributed by atoms with Crippen LogP contribution in [-0.2, 0) is 7.05 Å². The fraction of sp³-hybridized carbons (Fsp3) is 0.196. The van der Waals surface area contributed by atoms with E-state index in [-0.39, 0.29) is 5.56 Å². The molecule has 0 fully saturated rings. The summed E-state index contributed by atoms with van der Waals surface area (Å²) in [5.41, 5.74) is 11.3. The SMILES string of the molecule is [2H]C([2H])([2H])c1ccc2c(c1)n(-c1c(C([2H])(C)C)cc(-c3ccc(-c4ccccc4)cc3)cc1C([2H])(C)C)c(-c1c(C)ccc3c1oc1ccccc13)[n+]2C. The van der Waals surface area contributed by atoms with Crippen LogP contribution in [0.1, 0.15) is 68.6 Å². The van der Waals surface area contributed by atoms with E-state index in [9.17, 15) is 2.74 Å². The number of benzene rings is 6. The molecule has 0 saturated carbocycles. The minimum absolute atomic E-state index is 0.216. The molecule has 0 bridgehead atoms. The van der Waals surface area contributed by atoms with Gasteiger partial charge in [0.1, 0.15) is 16.8 Å². The molecule has 0 amide bonds. The van der Waals surface area contributed by atoms with E-state index < -0.39 is 18.6 Å². The summed E-state index contributed by atoms with van der Waals surface area (Å²) in [5, 5.41) is 1.98. The van der Waals surface area contributed by atoms with Crippen LogP contribution in [0.5, 0.6) is 0 Å². The zero-order valence-corrected chi connectivity index (χ0v) is 28.8. The third-order valence-corrected chi connectivity index (χ3v) is 9.82. The van der Waals surface area contributed by atoms with Crippen molar-refractivity contribution in [3.8, 4) is 39.3 Å². The van der Waals surface area contributed by atoms with Crippen LogP contribution in [-0.4, -0.2) is 4.57 Å². The molecule has 0 spiro atoms. The molecule has 0 aliphatic carbocycles. The van der Waals surface area contributed by atoms with Gasteiger partial charge in [-0.1, -0.05) is 119 Å². The molecular weight excluding hydrogens is 597 g/mol. The first-order valence-corrected chi connectivity index (χ1v) is 16.8. The van der Waals surface area contributed by atoms with Crippen molar-refractivity contribution >= 4 is 33.0 Å². The molecule has 2 heterocycles. The number of furan rings is 1. The highest BCUT2D eigenvalue weighted by molar-refractivity contribution is 6.10. The molecule has 0 unspecified atom stereocenters. The zero-order chi connectivity index (χ0) is 38.3. The number of hydrogen-bond donors (Lipinski definition) is 0. The normalized spacial score (nSPS) is 14.1. The van der Waals surface area contributed by atoms with Gasteiger partial charge in [-0.05, 0) is 89.3 Å². The Morgan fingerprint density at radius 1 is 0.673 bits per heavy atom. The van der Waals surface area contributed by atoms with Crippen LogP contribution in [0.3, 0.4) is 0 Å². The van der Waals surface area contributed by atoms with Crippen LogP contribution in [0.15, 0.2) is 126 Å². The third-order valence-electron chi connectivity index (χ3n) is 9.82. The van der Waals surface area contributed by atoms with Gasteiger partial charge in [-0.15, -0.1) is 0 Å². The Morgan fingerprint density at radius 3 is 1.98 bits per heavy atom. The molecule has 242 valence electrons. The summed E-state index contributed by atoms with van der Waals surface area (Å²) in [6.07, 6.45) is 0. The molecular formula is C46H43N2O+. The van der Waals surface area contributed by atoms with Crippen LogP contribution in [0.4, 0.5) is 0 Å². The number of aryl methyl sites for hydroxylation is 3. The Bertz CT molecular complexity index is 2690. The average molecular weight is 645 g/mol. The second-order valence-corrected chi connectivity index (χ2v) is 13.5. The molecule has 0 aliphatic heterocycles. The van der Waals surface area contributed by atoms with Crippen LogP contribution in [0, 0.1) is 13.8 Å². The fourth-order valence-corrected chi connectivity index (χ4v) is 7.33. The van der Waals surface area contributed by atoms with Crippen molar-refractivity contribution in [2.75, 3.05) is 0 Å². The van der Waals surface area contributed by atoms with Gasteiger partial charge < -0.3 is 4.42 Å². The largest absolute Gasteiger partial charge is 0.455 e. The van der Waals surface area contributed by atoms with Crippen molar-refractivity contribution in [1.82, 2.24) is 4.57 Å². The fourth-order valence-electron chi connectivity index (χ4n) is 7.33. The maximum atomic E-state index is 9.66. The van der Waals surface area contributed by atoms with Crippen LogP contribution >= 0.6 is 0 Å². The lowest BCUT2D eigenvalue weighted by Crippen LogP contribution is -2.30. The molecule has 8 rings (SSSR count). The van der Waals surface area contributed by atoms with E-state index in [1.165, 1.54) is 0 Å². The van der Waals surface area contributed by atoms with Gasteiger partial charge in [-0.3, -0.25) is 0 Å². The van der Waals surface area contributed by atoms with Gasteiger partial charge >= 0.3 is 0 Å². The van der Waals surface area contributed by atoms with Gasteiger partial charge in [0.05, 0.1) is 7.05 Å². The standard InChI is InChI=1S/C46H43N2O/c1-28(2)38-26-35(34-21-19-33(20-22-34)32-13-9-8-10-14-32)27-39(29(3)4)44(38)48-41-25-30(5)17-24-40(41)47(7)46(48)43-31(6)18-23-37-36-15-11-12-16-42(36)49-45(37)43/h8-29H,1-7H3/q+1/i5D3,28D,29D. The van der Waals surface area contributed by atoms with Gasteiger partial charge in [0.2, 0.25) is 0 Å². The van der Waals surface area contributed by atoms with E-state index >= 15 is 0 Å². The molecule has 8 aromatic rings. The molecule has 0 atom stereocenters. The lowest BCUT2D eigenvalue weighted by molar-refractivity contribution is -0.633. The van der Waals surface area contributed by atoms with Crippen molar-refractivity contribution < 1.29 is 15.8 Å². The second-order valence-electron chi connectivity index (χ2n) is 13.5. The summed E-state index contributed by atoms with van der Waals surface area (Å²) in [7, 11) is 1.99. The first kappa shape index (κ1) is 25.6. The molecule has 6 aromatic carbocycles. The topological polar surface area (TPSA) is 21.9 Å². The number of rotatable bonds is 6. The smallest absolute Gasteiger partial charge is 0.299 e. The average Bonchev–Trinajstić information content (AvgIpc) is 3.64. The summed E-state index contributed by atoms with van der Waals surface area (Å²) in [4.78, 5) is 0. The van der Waals surface area contributed by atoms with E-state index in [1.807, 2.05) is 77.2 Å². The highest BCUT2D eigenvalue weighted by Gasteiger charge is 2.34. The lowest BCUT2D eigenvalue weighted by Gasteiger charge is -2.21. The zero-order valence-electron chi connectivity index (χ0n) is 33.8. The lowest BCUT2D eigenvalue weighted by atomic mass is 9.87. The quantitative estimate of drug-likeness (QED) is 0.165. The molecule has 0 aliphatic rings. The first-order valence-electron chi connectivity index (χ1n) is 19.3. The number of aromatic nitrogens is 2. The predicted octanol–water partition coefficient (Wildman–Crippen LogP) is 12.2. The number of fused-ring (bicyclic) bond motifs is 4. The Balaban J connectivity index is 1.50. The molecule has 0 N–H and O–H groups in total. The number of hydrogen-bond acceptors (Lipinski definition) is 1. The Kier molecular flexibility index (Phi) is 6.23. The van der Waals surface area contributed by atoms with Crippen molar-refractivity contribution in [1.29, 1.82) is 0 Å². The summed E-state index contributed by atoms with van der Waals surface area (Å²) < 4.78 is 55.3. The van der Waals surface area contributed by atoms with Crippen molar-refractivity contribution in [3.63, 3.8) is 0 Å². The Hall–Kier alpha value is -5.41. The van der Waals surface area contributed by atoms with Gasteiger partial charge in [0.15, 0.2) is 16.6 Å². The third kappa shape index (κ3) is 5.07. The van der Waals surface area contributed by atoms with E-state index in [2.05, 4.69) is 82.8 Å². The monoisotopic (exact) mass is 644 g/mol. The minimum Gasteiger partial charge on any atom is -0.455 e. The molecule has 49 heavy (non-hydrogen) atoms. The molecule has 0 radical (unpaired) electrons.